The normalized spacial score (nSPS) is 22.7. The number of nitrogens with zero attached hydrogens (tertiary/aromatic N) is 2. The van der Waals surface area contributed by atoms with Gasteiger partial charge in [0.15, 0.2) is 0 Å². The molecule has 45 heavy (non-hydrogen) atoms. The molecular formula is C28H35N9O8. The molecule has 0 spiro atoms. The lowest BCUT2D eigenvalue weighted by Gasteiger charge is -2.24. The van der Waals surface area contributed by atoms with Crippen molar-refractivity contribution in [1.29, 1.82) is 0 Å². The predicted octanol–water partition coefficient (Wildman–Crippen LogP) is -2.66. The number of primary amides is 1. The summed E-state index contributed by atoms with van der Waals surface area (Å²) in [4.78, 5) is 96.1. The first-order valence-corrected chi connectivity index (χ1v) is 14.1. The zero-order chi connectivity index (χ0) is 32.8. The Morgan fingerprint density at radius 1 is 0.978 bits per heavy atom. The Labute approximate surface area is 257 Å². The van der Waals surface area contributed by atoms with Gasteiger partial charge < -0.3 is 42.1 Å². The Bertz CT molecular complexity index is 1400. The van der Waals surface area contributed by atoms with Gasteiger partial charge in [-0.15, -0.1) is 0 Å². The third-order valence-electron chi connectivity index (χ3n) is 6.53. The maximum absolute atomic E-state index is 13.5. The van der Waals surface area contributed by atoms with Crippen LogP contribution in [0.3, 0.4) is 0 Å². The highest BCUT2D eigenvalue weighted by Crippen LogP contribution is 2.07. The first-order valence-electron chi connectivity index (χ1n) is 14.1. The number of amides is 7. The van der Waals surface area contributed by atoms with Gasteiger partial charge in [0, 0.05) is 44.1 Å². The average Bonchev–Trinajstić information content (AvgIpc) is 3.53. The number of nitrogens with one attached hydrogen (secondary N) is 6. The Morgan fingerprint density at radius 2 is 1.71 bits per heavy atom. The molecule has 0 aliphatic carbocycles. The van der Waals surface area contributed by atoms with E-state index in [0.29, 0.717) is 5.76 Å². The molecule has 0 saturated carbocycles. The van der Waals surface area contributed by atoms with Crippen LogP contribution in [0.25, 0.3) is 0 Å². The quantitative estimate of drug-likeness (QED) is 0.150. The minimum absolute atomic E-state index is 0.0625. The van der Waals surface area contributed by atoms with Crippen molar-refractivity contribution in [1.82, 2.24) is 41.9 Å². The van der Waals surface area contributed by atoms with Crippen molar-refractivity contribution < 1.29 is 38.0 Å². The molecule has 8 N–H and O–H groups in total. The molecule has 2 aromatic heterocycles. The van der Waals surface area contributed by atoms with Crippen molar-refractivity contribution in [3.63, 3.8) is 0 Å². The number of nitrogens with two attached hydrogens (primary N) is 1. The van der Waals surface area contributed by atoms with Crippen LogP contribution in [0.4, 0.5) is 0 Å². The number of rotatable bonds is 8. The third kappa shape index (κ3) is 11.2. The van der Waals surface area contributed by atoms with E-state index >= 15 is 0 Å². The summed E-state index contributed by atoms with van der Waals surface area (Å²) in [5.74, 6) is -4.63. The first-order chi connectivity index (χ1) is 21.5. The molecular weight excluding hydrogens is 590 g/mol. The molecule has 2 aromatic rings. The molecule has 7 amide bonds. The molecule has 0 saturated heterocycles. The van der Waals surface area contributed by atoms with Crippen LogP contribution in [0, 0.1) is 0 Å². The summed E-state index contributed by atoms with van der Waals surface area (Å²) < 4.78 is 5.34. The number of hydrogen-bond acceptors (Lipinski definition) is 10. The van der Waals surface area contributed by atoms with Crippen molar-refractivity contribution in [3.05, 3.63) is 60.6 Å². The number of carbonyl (C=O) groups is 7. The van der Waals surface area contributed by atoms with E-state index in [2.05, 4.69) is 41.9 Å². The van der Waals surface area contributed by atoms with Crippen LogP contribution in [0.15, 0.2) is 53.6 Å². The highest BCUT2D eigenvalue weighted by atomic mass is 16.3. The van der Waals surface area contributed by atoms with E-state index in [1.807, 2.05) is 0 Å². The second-order valence-electron chi connectivity index (χ2n) is 10.0. The van der Waals surface area contributed by atoms with Gasteiger partial charge in [0.2, 0.25) is 35.4 Å². The molecule has 1 aliphatic rings. The molecule has 0 unspecified atom stereocenters. The molecule has 3 heterocycles. The monoisotopic (exact) mass is 625 g/mol. The van der Waals surface area contributed by atoms with Crippen molar-refractivity contribution in [2.24, 2.45) is 5.73 Å². The predicted molar refractivity (Wildman–Crippen MR) is 155 cm³/mol. The van der Waals surface area contributed by atoms with Gasteiger partial charge in [-0.25, -0.2) is 4.98 Å². The lowest BCUT2D eigenvalue weighted by molar-refractivity contribution is -0.133. The van der Waals surface area contributed by atoms with Crippen molar-refractivity contribution in [2.75, 3.05) is 13.1 Å². The zero-order valence-corrected chi connectivity index (χ0v) is 24.4. The Morgan fingerprint density at radius 3 is 2.38 bits per heavy atom. The fraction of sp³-hybridized carbons (Fsp3) is 0.393. The van der Waals surface area contributed by atoms with Gasteiger partial charge in [-0.2, -0.15) is 0 Å². The summed E-state index contributed by atoms with van der Waals surface area (Å²) in [6, 6.07) is -1.46. The van der Waals surface area contributed by atoms with Crippen LogP contribution >= 0.6 is 0 Å². The van der Waals surface area contributed by atoms with E-state index in [9.17, 15) is 33.6 Å². The average molecular weight is 626 g/mol. The fourth-order valence-corrected chi connectivity index (χ4v) is 4.14. The number of aromatic nitrogens is 2. The molecule has 0 fully saturated rings. The van der Waals surface area contributed by atoms with E-state index in [4.69, 9.17) is 10.2 Å². The van der Waals surface area contributed by atoms with E-state index in [1.54, 1.807) is 12.1 Å². The third-order valence-corrected chi connectivity index (χ3v) is 6.53. The van der Waals surface area contributed by atoms with Crippen molar-refractivity contribution >= 4 is 41.4 Å². The first kappa shape index (κ1) is 33.9. The van der Waals surface area contributed by atoms with Gasteiger partial charge in [0.1, 0.15) is 35.6 Å². The Hall–Kier alpha value is -5.61. The minimum Gasteiger partial charge on any atom is -0.469 e. The molecule has 3 rings (SSSR count). The summed E-state index contributed by atoms with van der Waals surface area (Å²) in [5.41, 5.74) is 5.49. The number of furan rings is 1. The fourth-order valence-electron chi connectivity index (χ4n) is 4.14. The van der Waals surface area contributed by atoms with E-state index in [1.165, 1.54) is 31.8 Å². The smallest absolute Gasteiger partial charge is 0.271 e. The molecule has 0 radical (unpaired) electrons. The molecule has 17 nitrogen and oxygen atoms in total. The van der Waals surface area contributed by atoms with Crippen LogP contribution < -0.4 is 37.6 Å². The second kappa shape index (κ2) is 16.9. The highest BCUT2D eigenvalue weighted by Gasteiger charge is 2.29. The van der Waals surface area contributed by atoms with Gasteiger partial charge in [-0.1, -0.05) is 0 Å². The van der Waals surface area contributed by atoms with E-state index < -0.39 is 65.5 Å². The molecule has 1 aliphatic heterocycles. The van der Waals surface area contributed by atoms with E-state index in [-0.39, 0.29) is 44.5 Å². The van der Waals surface area contributed by atoms with Crippen LogP contribution in [-0.4, -0.2) is 88.6 Å². The van der Waals surface area contributed by atoms with Gasteiger partial charge >= 0.3 is 0 Å². The van der Waals surface area contributed by atoms with Crippen LogP contribution in [0.1, 0.15) is 42.4 Å². The van der Waals surface area contributed by atoms with Crippen LogP contribution in [0.2, 0.25) is 0 Å². The van der Waals surface area contributed by atoms with Gasteiger partial charge in [0.05, 0.1) is 12.5 Å². The zero-order valence-electron chi connectivity index (χ0n) is 24.4. The van der Waals surface area contributed by atoms with E-state index in [0.717, 1.165) is 12.2 Å². The lowest BCUT2D eigenvalue weighted by atomic mass is 10.1. The largest absolute Gasteiger partial charge is 0.469 e. The van der Waals surface area contributed by atoms with Crippen molar-refractivity contribution in [2.45, 2.75) is 56.8 Å². The maximum Gasteiger partial charge on any atom is 0.271 e. The highest BCUT2D eigenvalue weighted by molar-refractivity contribution is 6.00. The minimum atomic E-state index is -1.21. The molecule has 4 atom stereocenters. The summed E-state index contributed by atoms with van der Waals surface area (Å²) >= 11 is 0. The molecule has 240 valence electrons. The molecule has 0 bridgehead atoms. The lowest BCUT2D eigenvalue weighted by Crippen LogP contribution is -2.57. The number of hydrogen-bond donors (Lipinski definition) is 7. The Kier molecular flexibility index (Phi) is 12.7. The summed E-state index contributed by atoms with van der Waals surface area (Å²) in [6.45, 7) is 1.38. The van der Waals surface area contributed by atoms with Gasteiger partial charge in [-0.3, -0.25) is 38.5 Å². The van der Waals surface area contributed by atoms with Gasteiger partial charge in [-0.05, 0) is 38.3 Å². The van der Waals surface area contributed by atoms with Crippen LogP contribution in [0.5, 0.6) is 0 Å². The summed E-state index contributed by atoms with van der Waals surface area (Å²) in [6.07, 6.45) is 7.37. The Balaban J connectivity index is 1.79. The standard InChI is InChI=1S/C28H35N9O8/c1-16-25(41)37-20(14-17-4-3-13-45-17)28(44)36-19(5-2-9-32-27(43)21-15-30-11-12-31-21)26(42)33-10-8-18(24(29)40)35-23(39)7-6-22(38)34-16/h3-4,6-7,11-13,15-16,18-20H,2,5,8-10,14H2,1H3,(H2,29,40)(H,32,43)(H,33,42)(H,34,38)(H,35,39)(H,36,44)(H,37,41)/b7-6-/t16-,18-,19-,20-/m0/s1. The summed E-state index contributed by atoms with van der Waals surface area (Å²) in [7, 11) is 0. The van der Waals surface area contributed by atoms with Gasteiger partial charge in [0.25, 0.3) is 5.91 Å². The van der Waals surface area contributed by atoms with Crippen LogP contribution in [-0.2, 0) is 35.2 Å². The molecule has 17 heteroatoms. The molecule has 0 aromatic carbocycles. The summed E-state index contributed by atoms with van der Waals surface area (Å²) in [5, 5.41) is 15.2. The second-order valence-corrected chi connectivity index (χ2v) is 10.0. The SMILES string of the molecule is C[C@@H]1NC(=O)/C=C\C(=O)N[C@H](C(N)=O)CCNC(=O)[C@H](CCCNC(=O)c2cnccn2)NC(=O)[C@H](Cc2ccco2)NC1=O. The number of carbonyl (C=O) groups excluding carboxylic acids is 7. The maximum atomic E-state index is 13.5. The topological polar surface area (TPSA) is 257 Å². The van der Waals surface area contributed by atoms with Crippen molar-refractivity contribution in [3.8, 4) is 0 Å².